The first-order chi connectivity index (χ1) is 14.1. The SMILES string of the molecule is CCOC(=O)c1ccc(Nc2ccc(NC(=O)c3ccc(OC)cc3)cn2)cc1. The number of aromatic nitrogens is 1. The fraction of sp³-hybridized carbons (Fsp3) is 0.136. The van der Waals surface area contributed by atoms with Crippen LogP contribution in [-0.2, 0) is 4.74 Å². The molecule has 148 valence electrons. The van der Waals surface area contributed by atoms with Gasteiger partial charge < -0.3 is 20.1 Å². The van der Waals surface area contributed by atoms with Crippen LogP contribution in [0.3, 0.4) is 0 Å². The van der Waals surface area contributed by atoms with Crippen molar-refractivity contribution >= 4 is 29.1 Å². The van der Waals surface area contributed by atoms with Crippen molar-refractivity contribution < 1.29 is 19.1 Å². The van der Waals surface area contributed by atoms with Gasteiger partial charge in [-0.1, -0.05) is 0 Å². The lowest BCUT2D eigenvalue weighted by atomic mass is 10.2. The summed E-state index contributed by atoms with van der Waals surface area (Å²) < 4.78 is 10.0. The van der Waals surface area contributed by atoms with Crippen LogP contribution < -0.4 is 15.4 Å². The maximum atomic E-state index is 12.3. The van der Waals surface area contributed by atoms with E-state index in [9.17, 15) is 9.59 Å². The molecule has 0 aliphatic rings. The zero-order valence-corrected chi connectivity index (χ0v) is 16.1. The van der Waals surface area contributed by atoms with Crippen LogP contribution in [0.4, 0.5) is 17.2 Å². The Kier molecular flexibility index (Phi) is 6.42. The highest BCUT2D eigenvalue weighted by atomic mass is 16.5. The molecule has 1 aromatic heterocycles. The Bertz CT molecular complexity index is 968. The number of benzene rings is 2. The monoisotopic (exact) mass is 391 g/mol. The summed E-state index contributed by atoms with van der Waals surface area (Å²) in [4.78, 5) is 28.3. The highest BCUT2D eigenvalue weighted by molar-refractivity contribution is 6.04. The minimum atomic E-state index is -0.353. The van der Waals surface area contributed by atoms with Gasteiger partial charge >= 0.3 is 5.97 Å². The first-order valence-electron chi connectivity index (χ1n) is 9.04. The average molecular weight is 391 g/mol. The van der Waals surface area contributed by atoms with E-state index in [2.05, 4.69) is 15.6 Å². The van der Waals surface area contributed by atoms with E-state index >= 15 is 0 Å². The third-order valence-corrected chi connectivity index (χ3v) is 4.04. The summed E-state index contributed by atoms with van der Waals surface area (Å²) in [6.07, 6.45) is 1.57. The van der Waals surface area contributed by atoms with Gasteiger partial charge in [0.25, 0.3) is 5.91 Å². The summed E-state index contributed by atoms with van der Waals surface area (Å²) in [6.45, 7) is 2.10. The molecule has 1 amide bonds. The van der Waals surface area contributed by atoms with E-state index in [1.54, 1.807) is 80.9 Å². The van der Waals surface area contributed by atoms with Crippen LogP contribution in [0.1, 0.15) is 27.6 Å². The van der Waals surface area contributed by atoms with Crippen LogP contribution in [-0.4, -0.2) is 30.6 Å². The summed E-state index contributed by atoms with van der Waals surface area (Å²) in [5, 5.41) is 5.93. The fourth-order valence-corrected chi connectivity index (χ4v) is 2.54. The molecule has 0 saturated heterocycles. The average Bonchev–Trinajstić information content (AvgIpc) is 2.76. The molecule has 3 aromatic rings. The van der Waals surface area contributed by atoms with E-state index in [0.717, 1.165) is 5.69 Å². The number of rotatable bonds is 7. The molecule has 0 aliphatic heterocycles. The number of ether oxygens (including phenoxy) is 2. The number of nitrogens with one attached hydrogen (secondary N) is 2. The number of methoxy groups -OCH3 is 1. The van der Waals surface area contributed by atoms with Gasteiger partial charge in [0.2, 0.25) is 0 Å². The summed E-state index contributed by atoms with van der Waals surface area (Å²) >= 11 is 0. The van der Waals surface area contributed by atoms with Crippen molar-refractivity contribution in [1.29, 1.82) is 0 Å². The molecule has 0 spiro atoms. The Balaban J connectivity index is 1.59. The third-order valence-electron chi connectivity index (χ3n) is 4.04. The molecule has 7 nitrogen and oxygen atoms in total. The summed E-state index contributed by atoms with van der Waals surface area (Å²) in [7, 11) is 1.57. The van der Waals surface area contributed by atoms with E-state index in [0.29, 0.717) is 35.0 Å². The Morgan fingerprint density at radius 2 is 1.55 bits per heavy atom. The molecule has 0 radical (unpaired) electrons. The summed E-state index contributed by atoms with van der Waals surface area (Å²) in [5.74, 6) is 0.712. The van der Waals surface area contributed by atoms with Gasteiger partial charge in [-0.05, 0) is 67.6 Å². The van der Waals surface area contributed by atoms with E-state index in [4.69, 9.17) is 9.47 Å². The van der Waals surface area contributed by atoms with Gasteiger partial charge in [-0.15, -0.1) is 0 Å². The third kappa shape index (κ3) is 5.32. The van der Waals surface area contributed by atoms with Crippen LogP contribution >= 0.6 is 0 Å². The van der Waals surface area contributed by atoms with Gasteiger partial charge in [-0.25, -0.2) is 9.78 Å². The first kappa shape index (κ1) is 19.9. The lowest BCUT2D eigenvalue weighted by molar-refractivity contribution is 0.0526. The lowest BCUT2D eigenvalue weighted by Crippen LogP contribution is -2.12. The van der Waals surface area contributed by atoms with Gasteiger partial charge in [0, 0.05) is 11.3 Å². The van der Waals surface area contributed by atoms with Crippen molar-refractivity contribution in [3.8, 4) is 5.75 Å². The zero-order valence-electron chi connectivity index (χ0n) is 16.1. The Labute approximate surface area is 168 Å². The predicted octanol–water partition coefficient (Wildman–Crippen LogP) is 4.26. The number of carbonyl (C=O) groups excluding carboxylic acids is 2. The van der Waals surface area contributed by atoms with E-state index < -0.39 is 0 Å². The number of amides is 1. The highest BCUT2D eigenvalue weighted by Gasteiger charge is 2.08. The summed E-state index contributed by atoms with van der Waals surface area (Å²) in [6, 6.07) is 17.3. The van der Waals surface area contributed by atoms with Crippen LogP contribution in [0.15, 0.2) is 66.9 Å². The Hall–Kier alpha value is -3.87. The number of pyridine rings is 1. The maximum absolute atomic E-state index is 12.3. The van der Waals surface area contributed by atoms with Crippen LogP contribution in [0.2, 0.25) is 0 Å². The van der Waals surface area contributed by atoms with Crippen LogP contribution in [0.5, 0.6) is 5.75 Å². The van der Waals surface area contributed by atoms with Gasteiger partial charge in [0.15, 0.2) is 0 Å². The second-order valence-electron chi connectivity index (χ2n) is 6.04. The van der Waals surface area contributed by atoms with Crippen molar-refractivity contribution in [2.24, 2.45) is 0 Å². The normalized spacial score (nSPS) is 10.1. The van der Waals surface area contributed by atoms with Crippen molar-refractivity contribution in [2.75, 3.05) is 24.4 Å². The summed E-state index contributed by atoms with van der Waals surface area (Å²) in [5.41, 5.74) is 2.37. The molecule has 0 unspecified atom stereocenters. The molecular weight excluding hydrogens is 370 g/mol. The number of carbonyl (C=O) groups is 2. The van der Waals surface area contributed by atoms with Gasteiger partial charge in [-0.3, -0.25) is 4.79 Å². The predicted molar refractivity (Wildman–Crippen MR) is 111 cm³/mol. The van der Waals surface area contributed by atoms with Crippen LogP contribution in [0, 0.1) is 0 Å². The van der Waals surface area contributed by atoms with Crippen molar-refractivity contribution in [1.82, 2.24) is 4.98 Å². The molecule has 3 rings (SSSR count). The second-order valence-corrected chi connectivity index (χ2v) is 6.04. The Morgan fingerprint density at radius 1 is 0.897 bits per heavy atom. The van der Waals surface area contributed by atoms with Crippen LogP contribution in [0.25, 0.3) is 0 Å². The molecule has 2 aromatic carbocycles. The maximum Gasteiger partial charge on any atom is 0.338 e. The number of hydrogen-bond donors (Lipinski definition) is 2. The van der Waals surface area contributed by atoms with Crippen molar-refractivity contribution in [3.05, 3.63) is 78.0 Å². The first-order valence-corrected chi connectivity index (χ1v) is 9.04. The quantitative estimate of drug-likeness (QED) is 0.585. The number of hydrogen-bond acceptors (Lipinski definition) is 6. The van der Waals surface area contributed by atoms with Gasteiger partial charge in [-0.2, -0.15) is 0 Å². The largest absolute Gasteiger partial charge is 0.497 e. The molecule has 0 aliphatic carbocycles. The molecule has 0 fully saturated rings. The van der Waals surface area contributed by atoms with Crippen molar-refractivity contribution in [3.63, 3.8) is 0 Å². The molecule has 7 heteroatoms. The molecule has 2 N–H and O–H groups in total. The highest BCUT2D eigenvalue weighted by Crippen LogP contribution is 2.18. The number of anilines is 3. The molecule has 1 heterocycles. The zero-order chi connectivity index (χ0) is 20.6. The molecule has 29 heavy (non-hydrogen) atoms. The lowest BCUT2D eigenvalue weighted by Gasteiger charge is -2.09. The topological polar surface area (TPSA) is 89.6 Å². The van der Waals surface area contributed by atoms with E-state index in [1.807, 2.05) is 0 Å². The van der Waals surface area contributed by atoms with Gasteiger partial charge in [0.05, 0.1) is 31.2 Å². The number of nitrogens with zero attached hydrogens (tertiary/aromatic N) is 1. The van der Waals surface area contributed by atoms with E-state index in [1.165, 1.54) is 0 Å². The second kappa shape index (κ2) is 9.36. The number of esters is 1. The Morgan fingerprint density at radius 3 is 2.14 bits per heavy atom. The standard InChI is InChI=1S/C22H21N3O4/c1-3-29-22(27)16-4-8-17(9-5-16)24-20-13-10-18(14-23-20)25-21(26)15-6-11-19(28-2)12-7-15/h4-14H,3H2,1-2H3,(H,23,24)(H,25,26). The molecule has 0 atom stereocenters. The van der Waals surface area contributed by atoms with Crippen molar-refractivity contribution in [2.45, 2.75) is 6.92 Å². The fourth-order valence-electron chi connectivity index (χ4n) is 2.54. The van der Waals surface area contributed by atoms with E-state index in [-0.39, 0.29) is 11.9 Å². The smallest absolute Gasteiger partial charge is 0.338 e. The molecular formula is C22H21N3O4. The molecule has 0 saturated carbocycles. The minimum absolute atomic E-state index is 0.232. The molecule has 0 bridgehead atoms. The van der Waals surface area contributed by atoms with Gasteiger partial charge in [0.1, 0.15) is 11.6 Å². The minimum Gasteiger partial charge on any atom is -0.497 e.